The second kappa shape index (κ2) is 9.44. The summed E-state index contributed by atoms with van der Waals surface area (Å²) in [7, 11) is 0. The molecular weight excluding hydrogens is 456 g/mol. The molecule has 0 unspecified atom stereocenters. The van der Waals surface area contributed by atoms with Gasteiger partial charge in [0.25, 0.3) is 11.4 Å². The van der Waals surface area contributed by atoms with Crippen LogP contribution in [0.1, 0.15) is 28.5 Å². The number of benzene rings is 2. The summed E-state index contributed by atoms with van der Waals surface area (Å²) in [5.74, 6) is -0.131. The Morgan fingerprint density at radius 1 is 1.09 bits per heavy atom. The van der Waals surface area contributed by atoms with Gasteiger partial charge in [-0.15, -0.1) is 0 Å². The second-order valence-corrected chi connectivity index (χ2v) is 8.29. The highest BCUT2D eigenvalue weighted by Gasteiger charge is 2.20. The van der Waals surface area contributed by atoms with Crippen LogP contribution in [-0.4, -0.2) is 26.4 Å². The quantitative estimate of drug-likeness (QED) is 0.405. The number of ketones is 1. The molecule has 0 atom stereocenters. The van der Waals surface area contributed by atoms with Crippen LogP contribution in [0, 0.1) is 13.8 Å². The number of hydrogen-bond donors (Lipinski definition) is 1. The van der Waals surface area contributed by atoms with Crippen LogP contribution in [0.2, 0.25) is 5.02 Å². The number of amides is 1. The van der Waals surface area contributed by atoms with Crippen molar-refractivity contribution < 1.29 is 14.1 Å². The van der Waals surface area contributed by atoms with E-state index in [0.717, 1.165) is 0 Å². The SMILES string of the molecule is CC(=O)c1cccc(NC(=O)Cn2c(C)cc(C)c(-c3nc(-c4ccc(Cl)cc4)no3)c2=O)c1. The van der Waals surface area contributed by atoms with Gasteiger partial charge in [-0.3, -0.25) is 14.4 Å². The fourth-order valence-electron chi connectivity index (χ4n) is 3.59. The zero-order chi connectivity index (χ0) is 24.4. The van der Waals surface area contributed by atoms with Crippen molar-refractivity contribution in [3.05, 3.63) is 86.8 Å². The second-order valence-electron chi connectivity index (χ2n) is 7.85. The molecule has 4 rings (SSSR count). The zero-order valence-corrected chi connectivity index (χ0v) is 19.5. The normalized spacial score (nSPS) is 10.8. The average Bonchev–Trinajstić information content (AvgIpc) is 3.27. The van der Waals surface area contributed by atoms with Crippen LogP contribution in [-0.2, 0) is 11.3 Å². The predicted octanol–water partition coefficient (Wildman–Crippen LogP) is 4.68. The van der Waals surface area contributed by atoms with Crippen molar-refractivity contribution in [1.82, 2.24) is 14.7 Å². The number of carbonyl (C=O) groups excluding carboxylic acids is 2. The van der Waals surface area contributed by atoms with Gasteiger partial charge in [0.1, 0.15) is 12.1 Å². The number of aromatic nitrogens is 3. The first-order valence-electron chi connectivity index (χ1n) is 10.4. The lowest BCUT2D eigenvalue weighted by atomic mass is 10.1. The molecule has 1 N–H and O–H groups in total. The smallest absolute Gasteiger partial charge is 0.264 e. The van der Waals surface area contributed by atoms with E-state index in [-0.39, 0.29) is 23.8 Å². The van der Waals surface area contributed by atoms with Crippen molar-refractivity contribution in [2.24, 2.45) is 0 Å². The highest BCUT2D eigenvalue weighted by Crippen LogP contribution is 2.24. The highest BCUT2D eigenvalue weighted by molar-refractivity contribution is 6.30. The lowest BCUT2D eigenvalue weighted by Crippen LogP contribution is -2.30. The Morgan fingerprint density at radius 2 is 1.82 bits per heavy atom. The number of aryl methyl sites for hydroxylation is 2. The Morgan fingerprint density at radius 3 is 2.53 bits per heavy atom. The Labute approximate surface area is 200 Å². The number of nitrogens with zero attached hydrogens (tertiary/aromatic N) is 3. The minimum Gasteiger partial charge on any atom is -0.333 e. The molecule has 8 nitrogen and oxygen atoms in total. The monoisotopic (exact) mass is 476 g/mol. The molecule has 2 aromatic heterocycles. The van der Waals surface area contributed by atoms with Gasteiger partial charge in [-0.1, -0.05) is 28.9 Å². The van der Waals surface area contributed by atoms with Crippen LogP contribution in [0.25, 0.3) is 22.8 Å². The fourth-order valence-corrected chi connectivity index (χ4v) is 3.71. The molecule has 1 amide bonds. The molecule has 2 heterocycles. The van der Waals surface area contributed by atoms with Gasteiger partial charge >= 0.3 is 0 Å². The van der Waals surface area contributed by atoms with Gasteiger partial charge in [0, 0.05) is 27.5 Å². The molecule has 4 aromatic rings. The van der Waals surface area contributed by atoms with E-state index in [1.165, 1.54) is 11.5 Å². The third-order valence-corrected chi connectivity index (χ3v) is 5.55. The van der Waals surface area contributed by atoms with Crippen LogP contribution in [0.5, 0.6) is 0 Å². The van der Waals surface area contributed by atoms with E-state index in [4.69, 9.17) is 16.1 Å². The minimum absolute atomic E-state index is 0.0655. The van der Waals surface area contributed by atoms with Crippen molar-refractivity contribution in [3.8, 4) is 22.8 Å². The third kappa shape index (κ3) is 4.82. The standard InChI is InChI=1S/C25H21ClN4O4/c1-14-11-15(2)30(13-21(32)27-20-6-4-5-18(12-20)16(3)31)25(33)22(14)24-28-23(29-34-24)17-7-9-19(26)10-8-17/h4-12H,13H2,1-3H3,(H,27,32). The van der Waals surface area contributed by atoms with Gasteiger partial charge in [0.2, 0.25) is 11.7 Å². The Hall–Kier alpha value is -4.04. The van der Waals surface area contributed by atoms with Crippen molar-refractivity contribution in [3.63, 3.8) is 0 Å². The summed E-state index contributed by atoms with van der Waals surface area (Å²) < 4.78 is 6.73. The first-order valence-corrected chi connectivity index (χ1v) is 10.8. The summed E-state index contributed by atoms with van der Waals surface area (Å²) in [6, 6.07) is 15.3. The van der Waals surface area contributed by atoms with Gasteiger partial charge in [-0.2, -0.15) is 4.98 Å². The summed E-state index contributed by atoms with van der Waals surface area (Å²) in [5, 5.41) is 7.29. The molecule has 0 bridgehead atoms. The van der Waals surface area contributed by atoms with E-state index in [2.05, 4.69) is 15.5 Å². The lowest BCUT2D eigenvalue weighted by Gasteiger charge is -2.13. The average molecular weight is 477 g/mol. The maximum absolute atomic E-state index is 13.3. The molecule has 0 saturated heterocycles. The Bertz CT molecular complexity index is 1450. The van der Waals surface area contributed by atoms with Crippen molar-refractivity contribution >= 4 is 29.0 Å². The van der Waals surface area contributed by atoms with Gasteiger partial charge in [0.15, 0.2) is 5.78 Å². The Balaban J connectivity index is 1.63. The molecule has 2 aromatic carbocycles. The molecule has 172 valence electrons. The van der Waals surface area contributed by atoms with Gasteiger partial charge < -0.3 is 14.4 Å². The summed E-state index contributed by atoms with van der Waals surface area (Å²) in [4.78, 5) is 42.0. The van der Waals surface area contributed by atoms with E-state index in [9.17, 15) is 14.4 Å². The number of anilines is 1. The maximum atomic E-state index is 13.3. The molecule has 0 aliphatic carbocycles. The number of hydrogen-bond acceptors (Lipinski definition) is 6. The highest BCUT2D eigenvalue weighted by atomic mass is 35.5. The van der Waals surface area contributed by atoms with Gasteiger partial charge in [-0.05, 0) is 68.8 Å². The summed E-state index contributed by atoms with van der Waals surface area (Å²) in [5.41, 5.74) is 2.71. The van der Waals surface area contributed by atoms with E-state index < -0.39 is 11.5 Å². The fraction of sp³-hybridized carbons (Fsp3) is 0.160. The number of rotatable bonds is 6. The number of nitrogens with one attached hydrogen (secondary N) is 1. The number of Topliss-reactive ketones (excluding diaryl/α,β-unsaturated/α-hetero) is 1. The molecule has 0 radical (unpaired) electrons. The molecular formula is C25H21ClN4O4. The molecule has 0 aliphatic rings. The van der Waals surface area contributed by atoms with Crippen LogP contribution >= 0.6 is 11.6 Å². The summed E-state index contributed by atoms with van der Waals surface area (Å²) in [6.45, 7) is 4.75. The maximum Gasteiger partial charge on any atom is 0.264 e. The van der Waals surface area contributed by atoms with E-state index in [0.29, 0.717) is 38.9 Å². The van der Waals surface area contributed by atoms with Gasteiger partial charge in [-0.25, -0.2) is 0 Å². The third-order valence-electron chi connectivity index (χ3n) is 5.30. The molecule has 0 spiro atoms. The van der Waals surface area contributed by atoms with Crippen LogP contribution in [0.4, 0.5) is 5.69 Å². The largest absolute Gasteiger partial charge is 0.333 e. The van der Waals surface area contributed by atoms with Crippen molar-refractivity contribution in [2.75, 3.05) is 5.32 Å². The van der Waals surface area contributed by atoms with Crippen molar-refractivity contribution in [2.45, 2.75) is 27.3 Å². The summed E-state index contributed by atoms with van der Waals surface area (Å²) in [6.07, 6.45) is 0. The van der Waals surface area contributed by atoms with Crippen LogP contribution < -0.4 is 10.9 Å². The van der Waals surface area contributed by atoms with E-state index in [1.54, 1.807) is 68.4 Å². The zero-order valence-electron chi connectivity index (χ0n) is 18.8. The molecule has 9 heteroatoms. The molecule has 34 heavy (non-hydrogen) atoms. The lowest BCUT2D eigenvalue weighted by molar-refractivity contribution is -0.116. The van der Waals surface area contributed by atoms with Crippen LogP contribution in [0.15, 0.2) is 63.9 Å². The first-order chi connectivity index (χ1) is 16.2. The number of pyridine rings is 1. The summed E-state index contributed by atoms with van der Waals surface area (Å²) >= 11 is 5.93. The van der Waals surface area contributed by atoms with E-state index >= 15 is 0 Å². The van der Waals surface area contributed by atoms with E-state index in [1.807, 2.05) is 0 Å². The predicted molar refractivity (Wildman–Crippen MR) is 129 cm³/mol. The van der Waals surface area contributed by atoms with Crippen molar-refractivity contribution in [1.29, 1.82) is 0 Å². The van der Waals surface area contributed by atoms with Crippen LogP contribution in [0.3, 0.4) is 0 Å². The first kappa shape index (κ1) is 23.1. The minimum atomic E-state index is -0.420. The van der Waals surface area contributed by atoms with Gasteiger partial charge in [0.05, 0.1) is 0 Å². The Kier molecular flexibility index (Phi) is 6.43. The molecule has 0 aliphatic heterocycles. The molecule has 0 fully saturated rings. The number of carbonyl (C=O) groups is 2. The number of halogens is 1. The topological polar surface area (TPSA) is 107 Å². The molecule has 0 saturated carbocycles.